The number of ether oxygens (including phenoxy) is 1. The van der Waals surface area contributed by atoms with E-state index in [1.165, 1.54) is 10.7 Å². The highest BCUT2D eigenvalue weighted by atomic mass is 19.1. The molecule has 10 heteroatoms. The molecule has 2 fully saturated rings. The van der Waals surface area contributed by atoms with Crippen LogP contribution in [0.4, 0.5) is 19.0 Å². The summed E-state index contributed by atoms with van der Waals surface area (Å²) in [5.74, 6) is -1.08. The summed E-state index contributed by atoms with van der Waals surface area (Å²) in [7, 11) is 1.58. The van der Waals surface area contributed by atoms with Gasteiger partial charge in [-0.3, -0.25) is 0 Å². The Morgan fingerprint density at radius 1 is 1.19 bits per heavy atom. The van der Waals surface area contributed by atoms with E-state index in [1.807, 2.05) is 0 Å². The van der Waals surface area contributed by atoms with Gasteiger partial charge in [0.2, 0.25) is 0 Å². The van der Waals surface area contributed by atoms with Gasteiger partial charge in [0.1, 0.15) is 29.0 Å². The van der Waals surface area contributed by atoms with Crippen molar-refractivity contribution in [1.29, 1.82) is 0 Å². The number of nitrogens with one attached hydrogen (secondary N) is 2. The summed E-state index contributed by atoms with van der Waals surface area (Å²) in [5.41, 5.74) is 1.64. The average molecular weight is 446 g/mol. The molecule has 0 amide bonds. The molecule has 0 bridgehead atoms. The van der Waals surface area contributed by atoms with Crippen molar-refractivity contribution < 1.29 is 17.9 Å². The number of anilines is 1. The van der Waals surface area contributed by atoms with E-state index in [4.69, 9.17) is 9.84 Å². The van der Waals surface area contributed by atoms with Crippen LogP contribution in [0.2, 0.25) is 0 Å². The molecule has 3 aromatic heterocycles. The van der Waals surface area contributed by atoms with Gasteiger partial charge in [0.05, 0.1) is 19.3 Å². The van der Waals surface area contributed by atoms with E-state index in [1.54, 1.807) is 13.2 Å². The van der Waals surface area contributed by atoms with Gasteiger partial charge in [-0.2, -0.15) is 5.10 Å². The summed E-state index contributed by atoms with van der Waals surface area (Å²) < 4.78 is 50.2. The zero-order valence-corrected chi connectivity index (χ0v) is 18.1. The van der Waals surface area contributed by atoms with Crippen molar-refractivity contribution in [1.82, 2.24) is 24.9 Å². The van der Waals surface area contributed by atoms with E-state index in [-0.39, 0.29) is 35.1 Å². The molecule has 5 rings (SSSR count). The Kier molecular flexibility index (Phi) is 4.99. The van der Waals surface area contributed by atoms with Gasteiger partial charge in [0.15, 0.2) is 23.1 Å². The predicted octanol–water partition coefficient (Wildman–Crippen LogP) is 3.70. The minimum absolute atomic E-state index is 0.111. The molecule has 1 aliphatic carbocycles. The number of rotatable bonds is 5. The molecule has 7 nitrogen and oxygen atoms in total. The smallest absolute Gasteiger partial charge is 0.168 e. The minimum Gasteiger partial charge on any atom is -0.495 e. The third kappa shape index (κ3) is 3.56. The van der Waals surface area contributed by atoms with Crippen LogP contribution in [0.15, 0.2) is 18.3 Å². The van der Waals surface area contributed by atoms with Crippen molar-refractivity contribution in [2.24, 2.45) is 5.41 Å². The Bertz CT molecular complexity index is 1170. The second-order valence-electron chi connectivity index (χ2n) is 9.36. The van der Waals surface area contributed by atoms with Crippen molar-refractivity contribution in [2.75, 3.05) is 25.5 Å². The first kappa shape index (κ1) is 21.0. The molecular weight excluding hydrogens is 421 g/mol. The SMILES string of the molecule is COc1cc2ncc(-c3nc(N[C@H]4CNC[C@@H]4F)c(F)cc3F)n2nc1C1CC(C)(C)C1. The lowest BCUT2D eigenvalue weighted by molar-refractivity contribution is 0.145. The van der Waals surface area contributed by atoms with Gasteiger partial charge in [0.25, 0.3) is 0 Å². The molecule has 2 aliphatic rings. The highest BCUT2D eigenvalue weighted by Crippen LogP contribution is 2.51. The topological polar surface area (TPSA) is 76.4 Å². The Labute approximate surface area is 183 Å². The van der Waals surface area contributed by atoms with Crippen LogP contribution >= 0.6 is 0 Å². The van der Waals surface area contributed by atoms with Gasteiger partial charge in [0, 0.05) is 31.1 Å². The molecule has 170 valence electrons. The molecule has 0 aromatic carbocycles. The van der Waals surface area contributed by atoms with E-state index < -0.39 is 23.8 Å². The maximum absolute atomic E-state index is 14.8. The van der Waals surface area contributed by atoms with Crippen LogP contribution in [0, 0.1) is 17.0 Å². The fourth-order valence-corrected chi connectivity index (χ4v) is 4.70. The number of hydrogen-bond donors (Lipinski definition) is 2. The second-order valence-corrected chi connectivity index (χ2v) is 9.36. The minimum atomic E-state index is -1.19. The lowest BCUT2D eigenvalue weighted by Gasteiger charge is -2.42. The molecule has 32 heavy (non-hydrogen) atoms. The molecule has 0 radical (unpaired) electrons. The maximum Gasteiger partial charge on any atom is 0.168 e. The fraction of sp³-hybridized carbons (Fsp3) is 0.500. The van der Waals surface area contributed by atoms with Crippen molar-refractivity contribution in [3.8, 4) is 17.1 Å². The number of aromatic nitrogens is 4. The summed E-state index contributed by atoms with van der Waals surface area (Å²) in [6.07, 6.45) is 2.17. The van der Waals surface area contributed by atoms with Gasteiger partial charge in [-0.1, -0.05) is 13.8 Å². The van der Waals surface area contributed by atoms with Gasteiger partial charge in [-0.15, -0.1) is 0 Å². The van der Waals surface area contributed by atoms with Crippen LogP contribution in [-0.2, 0) is 0 Å². The average Bonchev–Trinajstić information content (AvgIpc) is 3.32. The van der Waals surface area contributed by atoms with E-state index in [0.717, 1.165) is 24.6 Å². The number of methoxy groups -OCH3 is 1. The number of alkyl halides is 1. The Balaban J connectivity index is 1.56. The summed E-state index contributed by atoms with van der Waals surface area (Å²) in [5, 5.41) is 10.4. The highest BCUT2D eigenvalue weighted by Gasteiger charge is 2.39. The Hall–Kier alpha value is -2.88. The molecule has 2 N–H and O–H groups in total. The summed E-state index contributed by atoms with van der Waals surface area (Å²) >= 11 is 0. The number of hydrogen-bond acceptors (Lipinski definition) is 6. The zero-order valence-electron chi connectivity index (χ0n) is 18.1. The van der Waals surface area contributed by atoms with Crippen molar-refractivity contribution in [2.45, 2.75) is 44.8 Å². The molecule has 3 aromatic rings. The normalized spacial score (nSPS) is 22.8. The monoisotopic (exact) mass is 446 g/mol. The van der Waals surface area contributed by atoms with Gasteiger partial charge < -0.3 is 15.4 Å². The summed E-state index contributed by atoms with van der Waals surface area (Å²) in [6, 6.07) is 1.86. The van der Waals surface area contributed by atoms with Crippen LogP contribution in [0.1, 0.15) is 38.3 Å². The molecule has 0 spiro atoms. The van der Waals surface area contributed by atoms with Crippen LogP contribution in [0.5, 0.6) is 5.75 Å². The fourth-order valence-electron chi connectivity index (χ4n) is 4.70. The lowest BCUT2D eigenvalue weighted by Crippen LogP contribution is -2.31. The number of imidazole rings is 1. The molecule has 1 saturated carbocycles. The third-order valence-corrected chi connectivity index (χ3v) is 6.32. The Morgan fingerprint density at radius 2 is 1.97 bits per heavy atom. The second kappa shape index (κ2) is 7.61. The summed E-state index contributed by atoms with van der Waals surface area (Å²) in [6.45, 7) is 4.90. The number of pyridine rings is 1. The third-order valence-electron chi connectivity index (χ3n) is 6.32. The van der Waals surface area contributed by atoms with Crippen LogP contribution in [0.3, 0.4) is 0 Å². The van der Waals surface area contributed by atoms with E-state index in [2.05, 4.69) is 34.4 Å². The van der Waals surface area contributed by atoms with Crippen molar-refractivity contribution >= 4 is 11.5 Å². The lowest BCUT2D eigenvalue weighted by atomic mass is 9.63. The van der Waals surface area contributed by atoms with Gasteiger partial charge in [-0.25, -0.2) is 27.7 Å². The molecule has 4 heterocycles. The first-order valence-corrected chi connectivity index (χ1v) is 10.7. The molecule has 1 aliphatic heterocycles. The quantitative estimate of drug-likeness (QED) is 0.623. The van der Waals surface area contributed by atoms with Crippen LogP contribution in [-0.4, -0.2) is 52.0 Å². The Morgan fingerprint density at radius 3 is 2.62 bits per heavy atom. The first-order chi connectivity index (χ1) is 15.3. The van der Waals surface area contributed by atoms with Gasteiger partial charge in [-0.05, 0) is 18.3 Å². The standard InChI is InChI=1S/C22H25F3N6O/c1-22(2)6-11(7-22)19-17(32-3)5-18-27-10-16(31(18)30-19)20-12(23)4-13(24)21(29-20)28-15-9-26-8-14(15)25/h4-5,10-11,14-15,26H,6-9H2,1-3H3,(H,28,29)/t14-,15-/m0/s1. The largest absolute Gasteiger partial charge is 0.495 e. The van der Waals surface area contributed by atoms with Crippen LogP contribution < -0.4 is 15.4 Å². The summed E-state index contributed by atoms with van der Waals surface area (Å²) in [4.78, 5) is 8.46. The highest BCUT2D eigenvalue weighted by molar-refractivity contribution is 5.63. The number of halogens is 3. The van der Waals surface area contributed by atoms with E-state index >= 15 is 0 Å². The molecule has 1 saturated heterocycles. The van der Waals surface area contributed by atoms with Crippen molar-refractivity contribution in [3.05, 3.63) is 35.7 Å². The molecular formula is C22H25F3N6O. The zero-order chi connectivity index (χ0) is 22.6. The molecule has 0 unspecified atom stereocenters. The van der Waals surface area contributed by atoms with E-state index in [9.17, 15) is 13.2 Å². The predicted molar refractivity (Wildman–Crippen MR) is 114 cm³/mol. The number of nitrogens with zero attached hydrogens (tertiary/aromatic N) is 4. The van der Waals surface area contributed by atoms with Crippen LogP contribution in [0.25, 0.3) is 17.0 Å². The first-order valence-electron chi connectivity index (χ1n) is 10.7. The van der Waals surface area contributed by atoms with E-state index in [0.29, 0.717) is 17.9 Å². The maximum atomic E-state index is 14.8. The van der Waals surface area contributed by atoms with Crippen molar-refractivity contribution in [3.63, 3.8) is 0 Å². The number of fused-ring (bicyclic) bond motifs is 1. The van der Waals surface area contributed by atoms with Gasteiger partial charge >= 0.3 is 0 Å². The molecule has 2 atom stereocenters.